The zero-order valence-corrected chi connectivity index (χ0v) is 38.0. The maximum Gasteiger partial charge on any atom is 0.0464 e. The first kappa shape index (κ1) is 41.3. The zero-order valence-electron chi connectivity index (χ0n) is 38.0. The molecule has 0 amide bonds. The highest BCUT2D eigenvalue weighted by Gasteiger charge is 2.20. The lowest BCUT2D eigenvalue weighted by Crippen LogP contribution is -2.11. The van der Waals surface area contributed by atoms with Crippen molar-refractivity contribution in [1.29, 1.82) is 0 Å². The molecule has 0 bridgehead atoms. The predicted octanol–water partition coefficient (Wildman–Crippen LogP) is 16.7. The first-order chi connectivity index (χ1) is 29.2. The van der Waals surface area contributed by atoms with E-state index in [4.69, 9.17) is 0 Å². The molecule has 0 saturated carbocycles. The van der Waals surface area contributed by atoms with E-state index in [1.807, 2.05) is 0 Å². The lowest BCUT2D eigenvalue weighted by molar-refractivity contribution is 0.975. The molecule has 1 nitrogen and oxygen atoms in total. The van der Waals surface area contributed by atoms with Crippen molar-refractivity contribution >= 4 is 17.1 Å². The highest BCUT2D eigenvalue weighted by molar-refractivity contribution is 5.84. The van der Waals surface area contributed by atoms with Gasteiger partial charge in [0.1, 0.15) is 0 Å². The third-order valence-corrected chi connectivity index (χ3v) is 13.1. The second-order valence-electron chi connectivity index (χ2n) is 17.7. The quantitative estimate of drug-likeness (QED) is 0.132. The molecule has 1 heteroatoms. The van der Waals surface area contributed by atoms with Crippen molar-refractivity contribution in [2.24, 2.45) is 0 Å². The lowest BCUT2D eigenvalue weighted by atomic mass is 9.83. The Hall–Kier alpha value is -6.44. The van der Waals surface area contributed by atoms with Crippen molar-refractivity contribution in [1.82, 2.24) is 0 Å². The van der Waals surface area contributed by atoms with Crippen LogP contribution < -0.4 is 4.90 Å². The number of aryl methyl sites for hydroxylation is 11. The van der Waals surface area contributed by atoms with Crippen LogP contribution in [0.3, 0.4) is 0 Å². The van der Waals surface area contributed by atoms with Crippen LogP contribution in [0.25, 0.3) is 33.4 Å². The van der Waals surface area contributed by atoms with Gasteiger partial charge in [0.2, 0.25) is 0 Å². The smallest absolute Gasteiger partial charge is 0.0464 e. The van der Waals surface area contributed by atoms with E-state index in [1.54, 1.807) is 0 Å². The molecular formula is C60H59N. The molecule has 8 aromatic rings. The molecule has 0 fully saturated rings. The minimum Gasteiger partial charge on any atom is -0.310 e. The van der Waals surface area contributed by atoms with Crippen molar-refractivity contribution in [3.63, 3.8) is 0 Å². The molecule has 0 unspecified atom stereocenters. The predicted molar refractivity (Wildman–Crippen MR) is 263 cm³/mol. The highest BCUT2D eigenvalue weighted by Crippen LogP contribution is 2.42. The number of hydrogen-bond acceptors (Lipinski definition) is 1. The molecule has 8 aromatic carbocycles. The van der Waals surface area contributed by atoms with E-state index in [9.17, 15) is 0 Å². The van der Waals surface area contributed by atoms with Gasteiger partial charge in [-0.2, -0.15) is 0 Å². The first-order valence-corrected chi connectivity index (χ1v) is 21.8. The molecule has 0 N–H and O–H groups in total. The number of hydrogen-bond donors (Lipinski definition) is 0. The Labute approximate surface area is 365 Å². The fraction of sp³-hybridized carbons (Fsp3) is 0.200. The zero-order chi connectivity index (χ0) is 43.1. The molecule has 0 spiro atoms. The van der Waals surface area contributed by atoms with E-state index in [2.05, 4.69) is 233 Å². The molecule has 0 heterocycles. The van der Waals surface area contributed by atoms with Gasteiger partial charge >= 0.3 is 0 Å². The average molecular weight is 794 g/mol. The molecule has 0 aliphatic heterocycles. The fourth-order valence-corrected chi connectivity index (χ4v) is 9.03. The standard InChI is InChI=1S/C60H59N/c1-37-12-18-49(19-13-37)60(50-20-14-38(2)15-21-50)51-24-22-48(23-25-51)56-33-45(9)58(34-44(56)8)59-36-46(10)57(35-47(59)11)55-29-28-54(32-43(55)7)61(52-26-16-39(3)41(5)30-52)53-27-17-40(4)42(6)31-53/h12-36,60H,1-11H3. The van der Waals surface area contributed by atoms with E-state index in [1.165, 1.54) is 123 Å². The van der Waals surface area contributed by atoms with Crippen molar-refractivity contribution in [3.8, 4) is 33.4 Å². The SMILES string of the molecule is Cc1ccc(C(c2ccc(C)cc2)c2ccc(-c3cc(C)c(-c4cc(C)c(-c5ccc(N(c6ccc(C)c(C)c6)c6ccc(C)c(C)c6)cc5C)cc4C)cc3C)cc2)cc1. The van der Waals surface area contributed by atoms with Gasteiger partial charge in [0.05, 0.1) is 0 Å². The normalized spacial score (nSPS) is 11.3. The van der Waals surface area contributed by atoms with E-state index in [0.29, 0.717) is 0 Å². The van der Waals surface area contributed by atoms with E-state index >= 15 is 0 Å². The van der Waals surface area contributed by atoms with Gasteiger partial charge in [0.15, 0.2) is 0 Å². The van der Waals surface area contributed by atoms with Crippen LogP contribution in [0.15, 0.2) is 152 Å². The second kappa shape index (κ2) is 16.9. The maximum absolute atomic E-state index is 2.40. The van der Waals surface area contributed by atoms with Crippen LogP contribution in [0, 0.1) is 76.2 Å². The summed E-state index contributed by atoms with van der Waals surface area (Å²) in [6, 6.07) is 57.4. The van der Waals surface area contributed by atoms with Gasteiger partial charge in [-0.15, -0.1) is 0 Å². The van der Waals surface area contributed by atoms with Gasteiger partial charge in [-0.1, -0.05) is 126 Å². The topological polar surface area (TPSA) is 3.24 Å². The third-order valence-electron chi connectivity index (χ3n) is 13.1. The van der Waals surface area contributed by atoms with E-state index in [0.717, 1.165) is 5.69 Å². The Balaban J connectivity index is 1.10. The molecule has 0 aromatic heterocycles. The first-order valence-electron chi connectivity index (χ1n) is 21.8. The lowest BCUT2D eigenvalue weighted by Gasteiger charge is -2.28. The van der Waals surface area contributed by atoms with Gasteiger partial charge in [0, 0.05) is 23.0 Å². The number of benzene rings is 8. The summed E-state index contributed by atoms with van der Waals surface area (Å²) in [6.07, 6.45) is 0. The fourth-order valence-electron chi connectivity index (χ4n) is 9.03. The van der Waals surface area contributed by atoms with E-state index < -0.39 is 0 Å². The summed E-state index contributed by atoms with van der Waals surface area (Å²) in [6.45, 7) is 24.4. The van der Waals surface area contributed by atoms with Crippen molar-refractivity contribution in [2.75, 3.05) is 4.90 Å². The summed E-state index contributed by atoms with van der Waals surface area (Å²) in [4.78, 5) is 2.40. The summed E-state index contributed by atoms with van der Waals surface area (Å²) < 4.78 is 0. The minimum absolute atomic E-state index is 0.178. The van der Waals surface area contributed by atoms with Gasteiger partial charge < -0.3 is 4.90 Å². The maximum atomic E-state index is 2.40. The molecule has 304 valence electrons. The van der Waals surface area contributed by atoms with Gasteiger partial charge in [-0.25, -0.2) is 0 Å². The molecule has 0 saturated heterocycles. The third kappa shape index (κ3) is 8.35. The van der Waals surface area contributed by atoms with Gasteiger partial charge in [-0.05, 0) is 213 Å². The summed E-state index contributed by atoms with van der Waals surface area (Å²) in [5, 5.41) is 0. The molecule has 61 heavy (non-hydrogen) atoms. The van der Waals surface area contributed by atoms with Crippen LogP contribution in [0.5, 0.6) is 0 Å². The highest BCUT2D eigenvalue weighted by atomic mass is 15.1. The van der Waals surface area contributed by atoms with Crippen molar-refractivity contribution in [2.45, 2.75) is 82.1 Å². The summed E-state index contributed by atoms with van der Waals surface area (Å²) in [7, 11) is 0. The van der Waals surface area contributed by atoms with Crippen LogP contribution in [0.2, 0.25) is 0 Å². The average Bonchev–Trinajstić information content (AvgIpc) is 3.24. The van der Waals surface area contributed by atoms with Crippen LogP contribution >= 0.6 is 0 Å². The van der Waals surface area contributed by atoms with Gasteiger partial charge in [-0.3, -0.25) is 0 Å². The van der Waals surface area contributed by atoms with Crippen LogP contribution in [0.4, 0.5) is 17.1 Å². The number of rotatable bonds is 9. The Bertz CT molecular complexity index is 2790. The van der Waals surface area contributed by atoms with Crippen molar-refractivity contribution < 1.29 is 0 Å². The molecule has 0 radical (unpaired) electrons. The minimum atomic E-state index is 0.178. The Kier molecular flexibility index (Phi) is 11.4. The largest absolute Gasteiger partial charge is 0.310 e. The number of anilines is 3. The monoisotopic (exact) mass is 793 g/mol. The molecule has 0 aliphatic carbocycles. The van der Waals surface area contributed by atoms with E-state index in [-0.39, 0.29) is 5.92 Å². The van der Waals surface area contributed by atoms with Crippen molar-refractivity contribution in [3.05, 3.63) is 230 Å². The Morgan fingerprint density at radius 2 is 0.590 bits per heavy atom. The molecule has 8 rings (SSSR count). The summed E-state index contributed by atoms with van der Waals surface area (Å²) in [5.41, 5.74) is 29.3. The Morgan fingerprint density at radius 3 is 1.00 bits per heavy atom. The molecule has 0 atom stereocenters. The molecule has 0 aliphatic rings. The Morgan fingerprint density at radius 1 is 0.262 bits per heavy atom. The van der Waals surface area contributed by atoms with Crippen LogP contribution in [0.1, 0.15) is 83.8 Å². The molecular weight excluding hydrogens is 735 g/mol. The van der Waals surface area contributed by atoms with Crippen LogP contribution in [-0.2, 0) is 0 Å². The van der Waals surface area contributed by atoms with Gasteiger partial charge in [0.25, 0.3) is 0 Å². The number of nitrogens with zero attached hydrogens (tertiary/aromatic N) is 1. The summed E-state index contributed by atoms with van der Waals surface area (Å²) >= 11 is 0. The summed E-state index contributed by atoms with van der Waals surface area (Å²) in [5.74, 6) is 0.178. The van der Waals surface area contributed by atoms with Crippen LogP contribution in [-0.4, -0.2) is 0 Å². The second-order valence-corrected chi connectivity index (χ2v) is 17.7.